The van der Waals surface area contributed by atoms with Crippen LogP contribution in [0.15, 0.2) is 36.5 Å². The summed E-state index contributed by atoms with van der Waals surface area (Å²) in [5.41, 5.74) is 0. The standard InChI is InChI=1S/C57H109NO3/c1-3-5-7-9-11-13-15-17-19-21-23-25-26-27-28-29-30-31-32-33-35-37-39-41-43-45-47-49-51-53-57(61)58-55(54-59)56(60)52-50-48-46-44-42-40-38-36-34-24-22-20-18-16-14-12-10-8-6-4-2/h23,25,27-28,50,52,55-56,59-60H,3-22,24,26,29-49,51,53-54H2,1-2H3,(H,58,61)/b25-23-,28-27-,52-50+. The number of hydrogen-bond acceptors (Lipinski definition) is 3. The van der Waals surface area contributed by atoms with E-state index in [2.05, 4.69) is 43.5 Å². The van der Waals surface area contributed by atoms with Crippen molar-refractivity contribution in [1.82, 2.24) is 5.32 Å². The molecule has 2 unspecified atom stereocenters. The van der Waals surface area contributed by atoms with Gasteiger partial charge in [0.2, 0.25) is 5.91 Å². The van der Waals surface area contributed by atoms with Crippen LogP contribution in [0.4, 0.5) is 0 Å². The monoisotopic (exact) mass is 856 g/mol. The Morgan fingerprint density at radius 3 is 0.984 bits per heavy atom. The van der Waals surface area contributed by atoms with Gasteiger partial charge in [0.05, 0.1) is 18.8 Å². The molecule has 4 nitrogen and oxygen atoms in total. The van der Waals surface area contributed by atoms with Gasteiger partial charge in [-0.1, -0.05) is 281 Å². The maximum atomic E-state index is 12.5. The van der Waals surface area contributed by atoms with Crippen molar-refractivity contribution in [2.24, 2.45) is 0 Å². The molecule has 0 saturated heterocycles. The van der Waals surface area contributed by atoms with E-state index in [4.69, 9.17) is 0 Å². The minimum atomic E-state index is -0.839. The maximum Gasteiger partial charge on any atom is 0.220 e. The van der Waals surface area contributed by atoms with Gasteiger partial charge in [-0.15, -0.1) is 0 Å². The molecule has 0 aliphatic heterocycles. The van der Waals surface area contributed by atoms with E-state index < -0.39 is 12.1 Å². The summed E-state index contributed by atoms with van der Waals surface area (Å²) < 4.78 is 0. The average molecular weight is 857 g/mol. The van der Waals surface area contributed by atoms with Crippen LogP contribution < -0.4 is 5.32 Å². The molecule has 0 radical (unpaired) electrons. The van der Waals surface area contributed by atoms with E-state index in [1.54, 1.807) is 6.08 Å². The maximum absolute atomic E-state index is 12.5. The number of unbranched alkanes of at least 4 members (excludes halogenated alkanes) is 40. The summed E-state index contributed by atoms with van der Waals surface area (Å²) in [6.45, 7) is 4.34. The van der Waals surface area contributed by atoms with E-state index in [-0.39, 0.29) is 12.5 Å². The number of carbonyl (C=O) groups is 1. The first-order chi connectivity index (χ1) is 30.2. The van der Waals surface area contributed by atoms with Crippen LogP contribution in [0.3, 0.4) is 0 Å². The first kappa shape index (κ1) is 59.6. The van der Waals surface area contributed by atoms with Crippen LogP contribution >= 0.6 is 0 Å². The zero-order chi connectivity index (χ0) is 44.2. The van der Waals surface area contributed by atoms with Crippen molar-refractivity contribution in [1.29, 1.82) is 0 Å². The van der Waals surface area contributed by atoms with Crippen molar-refractivity contribution in [3.8, 4) is 0 Å². The van der Waals surface area contributed by atoms with Crippen molar-refractivity contribution in [3.63, 3.8) is 0 Å². The lowest BCUT2D eigenvalue weighted by atomic mass is 10.0. The molecule has 1 amide bonds. The van der Waals surface area contributed by atoms with E-state index in [1.165, 1.54) is 250 Å². The Bertz CT molecular complexity index is 928. The summed E-state index contributed by atoms with van der Waals surface area (Å²) in [5.74, 6) is -0.0612. The zero-order valence-corrected chi connectivity index (χ0v) is 41.4. The number of nitrogens with one attached hydrogen (secondary N) is 1. The summed E-state index contributed by atoms with van der Waals surface area (Å²) in [4.78, 5) is 12.5. The molecule has 0 aromatic rings. The SMILES string of the molecule is CCCCCCCCCCC/C=C\C/C=C\CCCCCCCCCCCCCCCC(=O)NC(CO)C(O)/C=C/CCCCCCCCCCCCCCCCCCCC. The number of carbonyl (C=O) groups excluding carboxylic acids is 1. The van der Waals surface area contributed by atoms with E-state index in [9.17, 15) is 15.0 Å². The van der Waals surface area contributed by atoms with Gasteiger partial charge in [0.15, 0.2) is 0 Å². The topological polar surface area (TPSA) is 69.6 Å². The minimum absolute atomic E-state index is 0.0612. The molecule has 2 atom stereocenters. The van der Waals surface area contributed by atoms with Crippen molar-refractivity contribution in [2.45, 2.75) is 315 Å². The smallest absolute Gasteiger partial charge is 0.220 e. The van der Waals surface area contributed by atoms with Gasteiger partial charge < -0.3 is 15.5 Å². The second kappa shape index (κ2) is 53.0. The van der Waals surface area contributed by atoms with E-state index in [0.717, 1.165) is 32.1 Å². The van der Waals surface area contributed by atoms with Gasteiger partial charge >= 0.3 is 0 Å². The second-order valence-electron chi connectivity index (χ2n) is 19.0. The Morgan fingerprint density at radius 2 is 0.672 bits per heavy atom. The van der Waals surface area contributed by atoms with E-state index in [0.29, 0.717) is 6.42 Å². The highest BCUT2D eigenvalue weighted by Crippen LogP contribution is 2.17. The molecule has 0 aliphatic carbocycles. The van der Waals surface area contributed by atoms with Crippen molar-refractivity contribution < 1.29 is 15.0 Å². The van der Waals surface area contributed by atoms with Crippen molar-refractivity contribution >= 4 is 5.91 Å². The number of aliphatic hydroxyl groups excluding tert-OH is 2. The molecule has 0 spiro atoms. The highest BCUT2D eigenvalue weighted by molar-refractivity contribution is 5.76. The molecule has 0 aliphatic rings. The van der Waals surface area contributed by atoms with Gasteiger partial charge in [-0.2, -0.15) is 0 Å². The molecule has 0 fully saturated rings. The third kappa shape index (κ3) is 49.5. The number of aliphatic hydroxyl groups is 2. The van der Waals surface area contributed by atoms with Crippen LogP contribution in [0, 0.1) is 0 Å². The largest absolute Gasteiger partial charge is 0.394 e. The third-order valence-corrected chi connectivity index (χ3v) is 12.9. The molecule has 4 heteroatoms. The van der Waals surface area contributed by atoms with Crippen LogP contribution in [-0.4, -0.2) is 34.9 Å². The van der Waals surface area contributed by atoms with E-state index in [1.807, 2.05) is 6.08 Å². The summed E-state index contributed by atoms with van der Waals surface area (Å²) in [5, 5.41) is 23.2. The minimum Gasteiger partial charge on any atom is -0.394 e. The second-order valence-corrected chi connectivity index (χ2v) is 19.0. The first-order valence-corrected chi connectivity index (χ1v) is 27.7. The van der Waals surface area contributed by atoms with Gasteiger partial charge in [0.1, 0.15) is 0 Å². The zero-order valence-electron chi connectivity index (χ0n) is 41.4. The van der Waals surface area contributed by atoms with Gasteiger partial charge in [-0.05, 0) is 51.4 Å². The van der Waals surface area contributed by atoms with Crippen LogP contribution in [0.2, 0.25) is 0 Å². The molecule has 360 valence electrons. The summed E-state index contributed by atoms with van der Waals surface area (Å²) in [6, 6.07) is -0.622. The molecule has 0 heterocycles. The number of amides is 1. The Balaban J connectivity index is 3.49. The Hall–Kier alpha value is -1.39. The lowest BCUT2D eigenvalue weighted by molar-refractivity contribution is -0.123. The van der Waals surface area contributed by atoms with Gasteiger partial charge in [-0.3, -0.25) is 4.79 Å². The van der Waals surface area contributed by atoms with Crippen LogP contribution in [0.5, 0.6) is 0 Å². The predicted octanol–water partition coefficient (Wildman–Crippen LogP) is 18.1. The fourth-order valence-corrected chi connectivity index (χ4v) is 8.62. The van der Waals surface area contributed by atoms with Gasteiger partial charge in [0, 0.05) is 6.42 Å². The van der Waals surface area contributed by atoms with Gasteiger partial charge in [0.25, 0.3) is 0 Å². The number of hydrogen-bond donors (Lipinski definition) is 3. The molecule has 61 heavy (non-hydrogen) atoms. The van der Waals surface area contributed by atoms with Crippen molar-refractivity contribution in [2.75, 3.05) is 6.61 Å². The molecule has 3 N–H and O–H groups in total. The first-order valence-electron chi connectivity index (χ1n) is 27.7. The average Bonchev–Trinajstić information content (AvgIpc) is 3.26. The molecule has 0 aromatic carbocycles. The Labute approximate surface area is 382 Å². The molecular formula is C57H109NO3. The lowest BCUT2D eigenvalue weighted by Crippen LogP contribution is -2.45. The molecule has 0 bridgehead atoms. The molecule has 0 saturated carbocycles. The summed E-state index contributed by atoms with van der Waals surface area (Å²) in [7, 11) is 0. The third-order valence-electron chi connectivity index (χ3n) is 12.9. The van der Waals surface area contributed by atoms with Gasteiger partial charge in [-0.25, -0.2) is 0 Å². The molecule has 0 aromatic heterocycles. The molecular weight excluding hydrogens is 747 g/mol. The fraction of sp³-hybridized carbons (Fsp3) is 0.877. The summed E-state index contributed by atoms with van der Waals surface area (Å²) >= 11 is 0. The lowest BCUT2D eigenvalue weighted by Gasteiger charge is -2.20. The highest BCUT2D eigenvalue weighted by Gasteiger charge is 2.18. The van der Waals surface area contributed by atoms with E-state index >= 15 is 0 Å². The van der Waals surface area contributed by atoms with Crippen LogP contribution in [-0.2, 0) is 4.79 Å². The van der Waals surface area contributed by atoms with Crippen LogP contribution in [0.1, 0.15) is 303 Å². The normalized spacial score (nSPS) is 13.0. The Morgan fingerprint density at radius 1 is 0.393 bits per heavy atom. The molecule has 0 rings (SSSR count). The summed E-state index contributed by atoms with van der Waals surface area (Å²) in [6.07, 6.45) is 71.6. The fourth-order valence-electron chi connectivity index (χ4n) is 8.62. The Kier molecular flexibility index (Phi) is 51.7. The number of allylic oxidation sites excluding steroid dienone is 5. The van der Waals surface area contributed by atoms with Crippen molar-refractivity contribution in [3.05, 3.63) is 36.5 Å². The number of rotatable bonds is 51. The highest BCUT2D eigenvalue weighted by atomic mass is 16.3. The van der Waals surface area contributed by atoms with Crippen LogP contribution in [0.25, 0.3) is 0 Å². The quantitative estimate of drug-likeness (QED) is 0.0422. The predicted molar refractivity (Wildman–Crippen MR) is 272 cm³/mol.